The van der Waals surface area contributed by atoms with E-state index in [1.54, 1.807) is 12.1 Å². The molecule has 11 aromatic carbocycles. The number of aromatic hydroxyl groups is 2. The van der Waals surface area contributed by atoms with Gasteiger partial charge in [-0.25, -0.2) is 0 Å². The van der Waals surface area contributed by atoms with E-state index in [9.17, 15) is 10.2 Å². The van der Waals surface area contributed by atoms with Crippen LogP contribution in [0.5, 0.6) is 34.5 Å². The molecule has 0 aliphatic carbocycles. The second-order valence-corrected chi connectivity index (χ2v) is 26.1. The number of aryl methyl sites for hydroxylation is 4. The Morgan fingerprint density at radius 1 is 0.362 bits per heavy atom. The third-order valence-electron chi connectivity index (χ3n) is 19.8. The van der Waals surface area contributed by atoms with Crippen LogP contribution in [0.4, 0.5) is 28.4 Å². The molecule has 0 saturated carbocycles. The number of para-hydroxylation sites is 1. The molecule has 2 atom stereocenters. The van der Waals surface area contributed by atoms with Gasteiger partial charge in [-0.1, -0.05) is 109 Å². The highest BCUT2D eigenvalue weighted by Gasteiger charge is 2.37. The Morgan fingerprint density at radius 2 is 0.723 bits per heavy atom. The molecule has 11 aromatic rings. The lowest BCUT2D eigenvalue weighted by Gasteiger charge is -2.37. The van der Waals surface area contributed by atoms with Crippen LogP contribution in [0, 0.1) is 13.8 Å². The van der Waals surface area contributed by atoms with Crippen molar-refractivity contribution < 1.29 is 29.2 Å². The molecule has 94 heavy (non-hydrogen) atoms. The average Bonchev–Trinajstić information content (AvgIpc) is 0.754. The van der Waals surface area contributed by atoms with Crippen molar-refractivity contribution in [3.8, 4) is 34.5 Å². The van der Waals surface area contributed by atoms with Crippen molar-refractivity contribution in [2.24, 2.45) is 0 Å². The normalized spacial score (nSPS) is 15.3. The molecular formula is C83H77N5O6. The van der Waals surface area contributed by atoms with E-state index >= 15 is 0 Å². The van der Waals surface area contributed by atoms with Crippen molar-refractivity contribution in [2.75, 3.05) is 51.8 Å². The minimum Gasteiger partial charge on any atom is -0.508 e. The number of ether oxygens (including phenoxy) is 4. The first-order chi connectivity index (χ1) is 45.9. The van der Waals surface area contributed by atoms with Gasteiger partial charge in [0.25, 0.3) is 0 Å². The number of phenols is 2. The highest BCUT2D eigenvalue weighted by Crippen LogP contribution is 2.47. The Bertz CT molecular complexity index is 4610. The summed E-state index contributed by atoms with van der Waals surface area (Å²) in [7, 11) is 0. The van der Waals surface area contributed by atoms with Crippen LogP contribution in [0.3, 0.4) is 0 Å². The van der Waals surface area contributed by atoms with Crippen molar-refractivity contribution in [3.05, 3.63) is 326 Å². The summed E-state index contributed by atoms with van der Waals surface area (Å²) < 4.78 is 26.0. The number of rotatable bonds is 16. The van der Waals surface area contributed by atoms with Gasteiger partial charge >= 0.3 is 0 Å². The van der Waals surface area contributed by atoms with Gasteiger partial charge in [0.15, 0.2) is 26.9 Å². The second-order valence-electron chi connectivity index (χ2n) is 26.1. The molecule has 4 heterocycles. The second kappa shape index (κ2) is 25.0. The Labute approximate surface area is 551 Å². The predicted molar refractivity (Wildman–Crippen MR) is 376 cm³/mol. The number of nitrogens with one attached hydrogen (secondary N) is 1. The summed E-state index contributed by atoms with van der Waals surface area (Å²) in [6, 6.07) is 85.4. The molecule has 11 heteroatoms. The standard InChI is InChI=1S/C83H77N5O6/c1-56-12-8-18-72(38-56)85-48-61-43-67(27-34-78(61)91-52-85)82(3,65-24-31-76(89)32-25-65)68-28-35-79-62(44-68)50-87(54-93-79)74-20-10-14-58(40-74)22-23-59-15-11-21-75(41-59)88-51-64-46-70(30-37-81(64)94-55-88)83(4,66-26-33-77(90)60(42-66)47-84-71-16-6-5-7-17-71)69-29-36-80-63(45-69)49-86(53-92-80)73-19-9-13-57(2)39-73/h5-21,24-46,84,89-90H,22-23,47-55H2,1-4H3. The fourth-order valence-corrected chi connectivity index (χ4v) is 14.2. The van der Waals surface area contributed by atoms with Crippen LogP contribution in [0.15, 0.2) is 243 Å². The van der Waals surface area contributed by atoms with Crippen LogP contribution in [0.1, 0.15) is 97.3 Å². The monoisotopic (exact) mass is 1240 g/mol. The maximum atomic E-state index is 11.4. The van der Waals surface area contributed by atoms with E-state index in [-0.39, 0.29) is 11.5 Å². The molecule has 0 amide bonds. The molecule has 2 unspecified atom stereocenters. The first-order valence-corrected chi connectivity index (χ1v) is 32.6. The topological polar surface area (TPSA) is 102 Å². The summed E-state index contributed by atoms with van der Waals surface area (Å²) in [5.74, 6) is 4.05. The van der Waals surface area contributed by atoms with Crippen molar-refractivity contribution in [2.45, 2.75) is 84.1 Å². The number of hydrogen-bond donors (Lipinski definition) is 3. The highest BCUT2D eigenvalue weighted by atomic mass is 16.5. The third kappa shape index (κ3) is 11.8. The highest BCUT2D eigenvalue weighted by molar-refractivity contribution is 5.63. The van der Waals surface area contributed by atoms with Gasteiger partial charge in [-0.15, -0.1) is 0 Å². The summed E-state index contributed by atoms with van der Waals surface area (Å²) in [5.41, 5.74) is 21.2. The quantitative estimate of drug-likeness (QED) is 0.0806. The third-order valence-corrected chi connectivity index (χ3v) is 19.8. The minimum atomic E-state index is -0.650. The molecule has 0 saturated heterocycles. The lowest BCUT2D eigenvalue weighted by atomic mass is 9.70. The Balaban J connectivity index is 0.659. The van der Waals surface area contributed by atoms with E-state index < -0.39 is 10.8 Å². The van der Waals surface area contributed by atoms with Gasteiger partial charge in [-0.3, -0.25) is 0 Å². The Morgan fingerprint density at radius 3 is 1.14 bits per heavy atom. The average molecular weight is 1240 g/mol. The maximum Gasteiger partial charge on any atom is 0.161 e. The SMILES string of the molecule is Cc1cccc(N2COc3ccc(C(C)(c4ccc(O)cc4)c4ccc5c(c4)CN(c4cccc(CCc6cccc(N7COc8ccc(C(C)(c9ccc(O)c(CNc%10ccccc%10)c9)c9ccc%10c(c9)CN(c9cccc(C)c9)CO%10)cc8C7)c6)c4)CO5)cc3C2)c1. The van der Waals surface area contributed by atoms with Gasteiger partial charge in [-0.05, 0) is 230 Å². The molecular weight excluding hydrogens is 1160 g/mol. The van der Waals surface area contributed by atoms with Gasteiger partial charge < -0.3 is 54.1 Å². The predicted octanol–water partition coefficient (Wildman–Crippen LogP) is 17.2. The molecule has 470 valence electrons. The zero-order chi connectivity index (χ0) is 63.9. The molecule has 4 aliphatic heterocycles. The van der Waals surface area contributed by atoms with Crippen LogP contribution in [0.25, 0.3) is 0 Å². The van der Waals surface area contributed by atoms with Crippen molar-refractivity contribution in [3.63, 3.8) is 0 Å². The molecule has 3 N–H and O–H groups in total. The summed E-state index contributed by atoms with van der Waals surface area (Å²) in [6.45, 7) is 13.9. The van der Waals surface area contributed by atoms with E-state index in [4.69, 9.17) is 18.9 Å². The van der Waals surface area contributed by atoms with Gasteiger partial charge in [0.1, 0.15) is 34.5 Å². The summed E-state index contributed by atoms with van der Waals surface area (Å²) in [6.07, 6.45) is 1.74. The molecule has 0 bridgehead atoms. The van der Waals surface area contributed by atoms with Crippen LogP contribution in [-0.2, 0) is 56.4 Å². The number of phenolic OH excluding ortho intramolecular Hbond substituents is 2. The van der Waals surface area contributed by atoms with E-state index in [0.29, 0.717) is 53.1 Å². The molecule has 11 nitrogen and oxygen atoms in total. The smallest absolute Gasteiger partial charge is 0.161 e. The van der Waals surface area contributed by atoms with E-state index in [1.165, 1.54) is 22.3 Å². The first kappa shape index (κ1) is 59.5. The Kier molecular flexibility index (Phi) is 15.8. The van der Waals surface area contributed by atoms with Crippen molar-refractivity contribution in [1.82, 2.24) is 0 Å². The van der Waals surface area contributed by atoms with Crippen LogP contribution in [0.2, 0.25) is 0 Å². The lowest BCUT2D eigenvalue weighted by molar-refractivity contribution is 0.288. The molecule has 0 radical (unpaired) electrons. The number of fused-ring (bicyclic) bond motifs is 4. The van der Waals surface area contributed by atoms with Gasteiger partial charge in [0, 0.05) is 99.8 Å². The van der Waals surface area contributed by atoms with Gasteiger partial charge in [-0.2, -0.15) is 0 Å². The van der Waals surface area contributed by atoms with Crippen LogP contribution < -0.4 is 43.9 Å². The molecule has 4 aliphatic rings. The number of nitrogens with zero attached hydrogens (tertiary/aromatic N) is 4. The fraction of sp³-hybridized carbons (Fsp3) is 0.205. The number of hydrogen-bond acceptors (Lipinski definition) is 11. The number of benzene rings is 11. The van der Waals surface area contributed by atoms with E-state index in [0.717, 1.165) is 132 Å². The lowest BCUT2D eigenvalue weighted by Crippen LogP contribution is -2.33. The zero-order valence-electron chi connectivity index (χ0n) is 53.7. The Hall–Kier alpha value is -10.8. The molecule has 0 fully saturated rings. The summed E-state index contributed by atoms with van der Waals surface area (Å²) in [5, 5.41) is 25.4. The van der Waals surface area contributed by atoms with Crippen LogP contribution >= 0.6 is 0 Å². The summed E-state index contributed by atoms with van der Waals surface area (Å²) >= 11 is 0. The van der Waals surface area contributed by atoms with E-state index in [1.807, 2.05) is 48.5 Å². The van der Waals surface area contributed by atoms with Gasteiger partial charge in [0.2, 0.25) is 0 Å². The number of anilines is 5. The molecule has 0 aromatic heterocycles. The van der Waals surface area contributed by atoms with Crippen LogP contribution in [-0.4, -0.2) is 37.1 Å². The maximum absolute atomic E-state index is 11.4. The minimum absolute atomic E-state index is 0.235. The molecule has 15 rings (SSSR count). The zero-order valence-corrected chi connectivity index (χ0v) is 53.7. The van der Waals surface area contributed by atoms with Gasteiger partial charge in [0.05, 0.1) is 0 Å². The molecule has 0 spiro atoms. The largest absolute Gasteiger partial charge is 0.508 e. The summed E-state index contributed by atoms with van der Waals surface area (Å²) in [4.78, 5) is 9.21. The first-order valence-electron chi connectivity index (χ1n) is 32.6. The van der Waals surface area contributed by atoms with Crippen molar-refractivity contribution >= 4 is 28.4 Å². The van der Waals surface area contributed by atoms with E-state index in [2.05, 4.69) is 235 Å². The van der Waals surface area contributed by atoms with Crippen molar-refractivity contribution in [1.29, 1.82) is 0 Å². The fourth-order valence-electron chi connectivity index (χ4n) is 14.2.